The van der Waals surface area contributed by atoms with Crippen LogP contribution in [0.25, 0.3) is 11.3 Å². The van der Waals surface area contributed by atoms with Gasteiger partial charge < -0.3 is 10.2 Å². The van der Waals surface area contributed by atoms with Crippen LogP contribution >= 0.6 is 0 Å². The molecule has 0 bridgehead atoms. The molecular weight excluding hydrogens is 418 g/mol. The maximum atomic E-state index is 13.8. The largest absolute Gasteiger partial charge is 0.381 e. The van der Waals surface area contributed by atoms with Crippen molar-refractivity contribution in [1.29, 1.82) is 0 Å². The van der Waals surface area contributed by atoms with Crippen LogP contribution in [0.15, 0.2) is 53.9 Å². The summed E-state index contributed by atoms with van der Waals surface area (Å²) in [5.74, 6) is -3.11. The molecule has 2 heterocycles. The first-order valence-corrected chi connectivity index (χ1v) is 9.68. The van der Waals surface area contributed by atoms with Gasteiger partial charge >= 0.3 is 0 Å². The molecule has 162 valence electrons. The van der Waals surface area contributed by atoms with Crippen LogP contribution in [-0.4, -0.2) is 33.0 Å². The Morgan fingerprint density at radius 1 is 1.00 bits per heavy atom. The molecule has 1 amide bonds. The monoisotopic (exact) mass is 436 g/mol. The summed E-state index contributed by atoms with van der Waals surface area (Å²) in [6.45, 7) is 5.12. The maximum absolute atomic E-state index is 13.8. The zero-order chi connectivity index (χ0) is 23.0. The molecule has 7 nitrogen and oxygen atoms in total. The van der Waals surface area contributed by atoms with Gasteiger partial charge in [0.25, 0.3) is 5.91 Å². The highest BCUT2D eigenvalue weighted by molar-refractivity contribution is 6.49. The molecule has 0 aliphatic carbocycles. The molecule has 0 saturated carbocycles. The minimum absolute atomic E-state index is 0.0284. The van der Waals surface area contributed by atoms with Gasteiger partial charge in [0.05, 0.1) is 18.1 Å². The number of anilines is 1. The van der Waals surface area contributed by atoms with Crippen molar-refractivity contribution in [2.75, 3.05) is 5.32 Å². The van der Waals surface area contributed by atoms with Gasteiger partial charge in [0, 0.05) is 11.1 Å². The quantitative estimate of drug-likeness (QED) is 0.666. The number of halogens is 2. The van der Waals surface area contributed by atoms with Crippen molar-refractivity contribution in [2.24, 2.45) is 5.16 Å². The van der Waals surface area contributed by atoms with Crippen molar-refractivity contribution >= 4 is 23.2 Å². The van der Waals surface area contributed by atoms with Gasteiger partial charge in [-0.15, -0.1) is 0 Å². The molecule has 1 aliphatic rings. The molecule has 1 aromatic heterocycles. The van der Waals surface area contributed by atoms with Crippen LogP contribution in [0, 0.1) is 18.6 Å². The van der Waals surface area contributed by atoms with Crippen molar-refractivity contribution in [3.05, 3.63) is 77.1 Å². The minimum atomic E-state index is -1.02. The fourth-order valence-corrected chi connectivity index (χ4v) is 3.29. The van der Waals surface area contributed by atoms with Crippen LogP contribution in [0.3, 0.4) is 0 Å². The van der Waals surface area contributed by atoms with E-state index in [2.05, 4.69) is 20.4 Å². The molecule has 2 aromatic carbocycles. The molecule has 0 radical (unpaired) electrons. The smallest absolute Gasteiger partial charge is 0.262 e. The molecule has 0 saturated heterocycles. The molecule has 0 atom stereocenters. The fourth-order valence-electron chi connectivity index (χ4n) is 3.29. The third kappa shape index (κ3) is 3.73. The van der Waals surface area contributed by atoms with Crippen LogP contribution in [0.5, 0.6) is 0 Å². The summed E-state index contributed by atoms with van der Waals surface area (Å²) in [5.41, 5.74) is 1.06. The lowest BCUT2D eigenvalue weighted by molar-refractivity contribution is -0.128. The summed E-state index contributed by atoms with van der Waals surface area (Å²) in [6.07, 6.45) is 2.70. The molecule has 1 aliphatic heterocycles. The molecular formula is C23H18F2N4O3. The molecule has 0 spiro atoms. The van der Waals surface area contributed by atoms with E-state index < -0.39 is 28.7 Å². The predicted molar refractivity (Wildman–Crippen MR) is 113 cm³/mol. The molecule has 3 aromatic rings. The summed E-state index contributed by atoms with van der Waals surface area (Å²) in [5, 5.41) is 6.28. The number of benzene rings is 2. The van der Waals surface area contributed by atoms with Crippen molar-refractivity contribution in [3.63, 3.8) is 0 Å². The van der Waals surface area contributed by atoms with Gasteiger partial charge in [0.2, 0.25) is 5.78 Å². The average Bonchev–Trinajstić information content (AvgIpc) is 3.01. The van der Waals surface area contributed by atoms with E-state index in [0.717, 1.165) is 17.7 Å². The van der Waals surface area contributed by atoms with E-state index in [1.165, 1.54) is 18.5 Å². The van der Waals surface area contributed by atoms with Crippen molar-refractivity contribution in [2.45, 2.75) is 26.4 Å². The first-order valence-electron chi connectivity index (χ1n) is 9.68. The number of carbonyl (C=O) groups is 2. The van der Waals surface area contributed by atoms with Crippen LogP contribution in [-0.2, 0) is 9.63 Å². The Kier molecular flexibility index (Phi) is 5.25. The van der Waals surface area contributed by atoms with E-state index in [0.29, 0.717) is 16.8 Å². The fraction of sp³-hybridized carbons (Fsp3) is 0.174. The Labute approximate surface area is 182 Å². The number of nitrogens with zero attached hydrogens (tertiary/aromatic N) is 3. The van der Waals surface area contributed by atoms with Gasteiger partial charge in [-0.1, -0.05) is 29.4 Å². The highest BCUT2D eigenvalue weighted by Crippen LogP contribution is 2.29. The second-order valence-electron chi connectivity index (χ2n) is 7.69. The van der Waals surface area contributed by atoms with E-state index in [9.17, 15) is 18.4 Å². The van der Waals surface area contributed by atoms with Gasteiger partial charge in [-0.2, -0.15) is 0 Å². The Morgan fingerprint density at radius 2 is 1.66 bits per heavy atom. The van der Waals surface area contributed by atoms with E-state index in [1.807, 2.05) is 13.0 Å². The number of hydrogen-bond acceptors (Lipinski definition) is 6. The molecule has 32 heavy (non-hydrogen) atoms. The Bertz CT molecular complexity index is 1250. The number of nitrogens with one attached hydrogen (secondary N) is 1. The van der Waals surface area contributed by atoms with E-state index >= 15 is 0 Å². The average molecular weight is 436 g/mol. The second kappa shape index (κ2) is 7.92. The minimum Gasteiger partial charge on any atom is -0.381 e. The van der Waals surface area contributed by atoms with Gasteiger partial charge in [-0.25, -0.2) is 13.8 Å². The van der Waals surface area contributed by atoms with Gasteiger partial charge in [-0.3, -0.25) is 14.6 Å². The molecule has 9 heteroatoms. The third-order valence-corrected chi connectivity index (χ3v) is 5.08. The van der Waals surface area contributed by atoms with Crippen molar-refractivity contribution in [1.82, 2.24) is 9.97 Å². The molecule has 0 fully saturated rings. The summed E-state index contributed by atoms with van der Waals surface area (Å²) >= 11 is 0. The molecule has 4 rings (SSSR count). The van der Waals surface area contributed by atoms with Crippen molar-refractivity contribution < 1.29 is 23.2 Å². The SMILES string of the molecule is Cc1c(C2=NOC(C)(C)C2=O)cccc1-c1cnc(NC(=O)c2c(F)cccc2F)cn1. The topological polar surface area (TPSA) is 93.5 Å². The van der Waals surface area contributed by atoms with E-state index in [1.54, 1.807) is 26.0 Å². The number of hydrogen-bond donors (Lipinski definition) is 1. The number of Topliss-reactive ketones (excluding diaryl/α,β-unsaturated/α-hetero) is 1. The number of carbonyl (C=O) groups excluding carboxylic acids is 2. The highest BCUT2D eigenvalue weighted by Gasteiger charge is 2.40. The lowest BCUT2D eigenvalue weighted by atomic mass is 9.91. The lowest BCUT2D eigenvalue weighted by Gasteiger charge is -2.13. The zero-order valence-electron chi connectivity index (χ0n) is 17.4. The normalized spacial score (nSPS) is 14.7. The van der Waals surface area contributed by atoms with Crippen molar-refractivity contribution in [3.8, 4) is 11.3 Å². The first kappa shape index (κ1) is 21.2. The molecule has 1 N–H and O–H groups in total. The number of amides is 1. The van der Waals surface area contributed by atoms with Gasteiger partial charge in [-0.05, 0) is 38.5 Å². The second-order valence-corrected chi connectivity index (χ2v) is 7.69. The van der Waals surface area contributed by atoms with E-state index in [4.69, 9.17) is 4.84 Å². The summed E-state index contributed by atoms with van der Waals surface area (Å²) < 4.78 is 27.6. The Balaban J connectivity index is 1.59. The number of aromatic nitrogens is 2. The summed E-state index contributed by atoms with van der Waals surface area (Å²) in [6, 6.07) is 8.50. The maximum Gasteiger partial charge on any atom is 0.262 e. The zero-order valence-corrected chi connectivity index (χ0v) is 17.4. The third-order valence-electron chi connectivity index (χ3n) is 5.08. The Hall–Kier alpha value is -4.01. The summed E-state index contributed by atoms with van der Waals surface area (Å²) in [7, 11) is 0. The van der Waals surface area contributed by atoms with Gasteiger partial charge in [0.1, 0.15) is 17.2 Å². The van der Waals surface area contributed by atoms with Gasteiger partial charge in [0.15, 0.2) is 17.1 Å². The highest BCUT2D eigenvalue weighted by atomic mass is 19.1. The predicted octanol–water partition coefficient (Wildman–Crippen LogP) is 4.06. The standard InChI is InChI=1S/C23H18F2N4O3/c1-12-13(6-4-7-14(12)20-21(30)23(2,3)32-29-20)17-10-27-18(11-26-17)28-22(31)19-15(24)8-5-9-16(19)25/h4-11H,1-3H3,(H,27,28,31). The van der Waals surface area contributed by atoms with Crippen LogP contribution in [0.1, 0.15) is 35.3 Å². The van der Waals surface area contributed by atoms with E-state index in [-0.39, 0.29) is 17.3 Å². The number of rotatable bonds is 4. The first-order chi connectivity index (χ1) is 15.2. The number of oxime groups is 1. The van der Waals surface area contributed by atoms with Crippen LogP contribution < -0.4 is 5.32 Å². The molecule has 0 unspecified atom stereocenters. The lowest BCUT2D eigenvalue weighted by Crippen LogP contribution is -2.33. The Morgan fingerprint density at radius 3 is 2.25 bits per heavy atom. The number of ketones is 1. The van der Waals surface area contributed by atoms with Crippen LogP contribution in [0.4, 0.5) is 14.6 Å². The summed E-state index contributed by atoms with van der Waals surface area (Å²) in [4.78, 5) is 38.5. The van der Waals surface area contributed by atoms with Crippen LogP contribution in [0.2, 0.25) is 0 Å².